The summed E-state index contributed by atoms with van der Waals surface area (Å²) in [5.41, 5.74) is 1.87. The molecule has 0 saturated carbocycles. The summed E-state index contributed by atoms with van der Waals surface area (Å²) in [5.74, 6) is -0.385. The molecule has 1 heterocycles. The molecule has 3 rings (SSSR count). The molecule has 0 aliphatic heterocycles. The van der Waals surface area contributed by atoms with E-state index < -0.39 is 0 Å². The second-order valence-corrected chi connectivity index (χ2v) is 7.09. The van der Waals surface area contributed by atoms with Crippen LogP contribution in [0.25, 0.3) is 16.7 Å². The van der Waals surface area contributed by atoms with Gasteiger partial charge in [-0.05, 0) is 62.3 Å². The normalized spacial score (nSPS) is 11.3. The molecular weight excluding hydrogens is 466 g/mol. The number of aromatic amines is 1. The fourth-order valence-electron chi connectivity index (χ4n) is 2.03. The van der Waals surface area contributed by atoms with Gasteiger partial charge in [0.15, 0.2) is 4.77 Å². The van der Waals surface area contributed by atoms with Crippen molar-refractivity contribution in [1.29, 1.82) is 0 Å². The summed E-state index contributed by atoms with van der Waals surface area (Å²) < 4.78 is 16.9. The van der Waals surface area contributed by atoms with Gasteiger partial charge in [0.1, 0.15) is 5.82 Å². The molecule has 2 nitrogen and oxygen atoms in total. The monoisotopic (exact) mass is 468 g/mol. The molecule has 21 heavy (non-hydrogen) atoms. The number of fused-ring (bicyclic) bond motifs is 1. The van der Waals surface area contributed by atoms with Gasteiger partial charge in [-0.2, -0.15) is 0 Å². The zero-order valence-electron chi connectivity index (χ0n) is 10.1. The van der Waals surface area contributed by atoms with Crippen molar-refractivity contribution in [2.24, 2.45) is 0 Å². The van der Waals surface area contributed by atoms with Crippen molar-refractivity contribution >= 4 is 78.3 Å². The number of rotatable bonds is 1. The fourth-order valence-corrected chi connectivity index (χ4v) is 3.53. The van der Waals surface area contributed by atoms with Gasteiger partial charge in [0.05, 0.1) is 31.2 Å². The molecule has 1 N–H and O–H groups in total. The highest BCUT2D eigenvalue weighted by Gasteiger charge is 2.15. The standard InChI is InChI=1S/C13H5Br2Cl2FN2S/c14-5-1-2-9(12(17)11(5)16)20-10-4-7(18)6(15)3-8(10)19-13(20)21/h1-4H,(H,19,21). The molecule has 0 unspecified atom stereocenters. The van der Waals surface area contributed by atoms with Crippen LogP contribution in [0.5, 0.6) is 0 Å². The molecule has 0 fully saturated rings. The molecule has 108 valence electrons. The van der Waals surface area contributed by atoms with Gasteiger partial charge in [0.2, 0.25) is 0 Å². The fraction of sp³-hybridized carbons (Fsp3) is 0. The molecule has 0 spiro atoms. The summed E-state index contributed by atoms with van der Waals surface area (Å²) >= 11 is 24.2. The van der Waals surface area contributed by atoms with Gasteiger partial charge in [-0.1, -0.05) is 23.2 Å². The first kappa shape index (κ1) is 15.5. The van der Waals surface area contributed by atoms with E-state index in [4.69, 9.17) is 35.4 Å². The third-order valence-electron chi connectivity index (χ3n) is 2.98. The molecule has 0 atom stereocenters. The van der Waals surface area contributed by atoms with Crippen LogP contribution in [0.15, 0.2) is 33.2 Å². The van der Waals surface area contributed by atoms with Crippen molar-refractivity contribution in [2.75, 3.05) is 0 Å². The Morgan fingerprint density at radius 2 is 1.81 bits per heavy atom. The summed E-state index contributed by atoms with van der Waals surface area (Å²) in [4.78, 5) is 3.02. The largest absolute Gasteiger partial charge is 0.330 e. The molecule has 3 aromatic rings. The topological polar surface area (TPSA) is 20.7 Å². The Morgan fingerprint density at radius 1 is 1.10 bits per heavy atom. The third kappa shape index (κ3) is 2.57. The van der Waals surface area contributed by atoms with Crippen molar-refractivity contribution in [2.45, 2.75) is 0 Å². The molecule has 0 aliphatic rings. The summed E-state index contributed by atoms with van der Waals surface area (Å²) in [5, 5.41) is 0.717. The Labute approximate surface area is 151 Å². The maximum Gasteiger partial charge on any atom is 0.182 e. The minimum Gasteiger partial charge on any atom is -0.330 e. The molecule has 0 amide bonds. The zero-order valence-corrected chi connectivity index (χ0v) is 15.6. The highest BCUT2D eigenvalue weighted by Crippen LogP contribution is 2.36. The van der Waals surface area contributed by atoms with Crippen molar-refractivity contribution in [3.05, 3.63) is 53.8 Å². The molecule has 0 saturated heterocycles. The van der Waals surface area contributed by atoms with Crippen molar-refractivity contribution in [1.82, 2.24) is 9.55 Å². The minimum absolute atomic E-state index is 0.339. The van der Waals surface area contributed by atoms with Crippen LogP contribution in [0.3, 0.4) is 0 Å². The van der Waals surface area contributed by atoms with Gasteiger partial charge in [-0.25, -0.2) is 4.39 Å². The average Bonchev–Trinajstić information content (AvgIpc) is 2.73. The maximum atomic E-state index is 13.8. The third-order valence-corrected chi connectivity index (χ3v) is 5.63. The highest BCUT2D eigenvalue weighted by molar-refractivity contribution is 9.10. The van der Waals surface area contributed by atoms with Crippen LogP contribution in [0.2, 0.25) is 10.0 Å². The van der Waals surface area contributed by atoms with Crippen molar-refractivity contribution in [3.8, 4) is 5.69 Å². The minimum atomic E-state index is -0.385. The Morgan fingerprint density at radius 3 is 2.52 bits per heavy atom. The van der Waals surface area contributed by atoms with E-state index in [1.807, 2.05) is 0 Å². The van der Waals surface area contributed by atoms with E-state index in [-0.39, 0.29) is 5.82 Å². The van der Waals surface area contributed by atoms with Gasteiger partial charge >= 0.3 is 0 Å². The van der Waals surface area contributed by atoms with E-state index >= 15 is 0 Å². The van der Waals surface area contributed by atoms with E-state index in [1.165, 1.54) is 6.07 Å². The lowest BCUT2D eigenvalue weighted by Gasteiger charge is -2.09. The van der Waals surface area contributed by atoms with Crippen LogP contribution in [-0.2, 0) is 0 Å². The van der Waals surface area contributed by atoms with Crippen molar-refractivity contribution in [3.63, 3.8) is 0 Å². The number of H-pyrrole nitrogens is 1. The molecule has 2 aromatic carbocycles. The van der Waals surface area contributed by atoms with Crippen LogP contribution in [0.4, 0.5) is 4.39 Å². The summed E-state index contributed by atoms with van der Waals surface area (Å²) in [6.07, 6.45) is 0. The lowest BCUT2D eigenvalue weighted by atomic mass is 10.2. The number of aromatic nitrogens is 2. The van der Waals surface area contributed by atoms with Crippen LogP contribution in [-0.4, -0.2) is 9.55 Å². The summed E-state index contributed by atoms with van der Waals surface area (Å²) in [7, 11) is 0. The molecule has 0 bridgehead atoms. The second kappa shape index (κ2) is 5.66. The number of hydrogen-bond acceptors (Lipinski definition) is 1. The van der Waals surface area contributed by atoms with E-state index in [0.717, 1.165) is 0 Å². The summed E-state index contributed by atoms with van der Waals surface area (Å²) in [6.45, 7) is 0. The molecule has 1 aromatic heterocycles. The first-order chi connectivity index (χ1) is 9.90. The Hall–Kier alpha value is -0.400. The smallest absolute Gasteiger partial charge is 0.182 e. The lowest BCUT2D eigenvalue weighted by Crippen LogP contribution is -1.96. The first-order valence-corrected chi connectivity index (χ1v) is 8.39. The highest BCUT2D eigenvalue weighted by atomic mass is 79.9. The number of halogens is 5. The quantitative estimate of drug-likeness (QED) is 0.311. The predicted octanol–water partition coefficient (Wildman–Crippen LogP) is 6.66. The van der Waals surface area contributed by atoms with Crippen LogP contribution in [0.1, 0.15) is 0 Å². The predicted molar refractivity (Wildman–Crippen MR) is 93.8 cm³/mol. The number of imidazole rings is 1. The Kier molecular flexibility index (Phi) is 4.18. The molecule has 0 aliphatic carbocycles. The number of hydrogen-bond donors (Lipinski definition) is 1. The van der Waals surface area contributed by atoms with Gasteiger partial charge in [-0.3, -0.25) is 4.57 Å². The van der Waals surface area contributed by atoms with E-state index in [1.54, 1.807) is 22.8 Å². The second-order valence-electron chi connectivity index (χ2n) is 4.24. The van der Waals surface area contributed by atoms with Crippen LogP contribution >= 0.6 is 67.3 Å². The zero-order chi connectivity index (χ0) is 15.3. The lowest BCUT2D eigenvalue weighted by molar-refractivity contribution is 0.622. The number of benzene rings is 2. The number of nitrogens with zero attached hydrogens (tertiary/aromatic N) is 1. The number of nitrogens with one attached hydrogen (secondary N) is 1. The van der Waals surface area contributed by atoms with Crippen molar-refractivity contribution < 1.29 is 4.39 Å². The van der Waals surface area contributed by atoms with Gasteiger partial charge < -0.3 is 4.98 Å². The van der Waals surface area contributed by atoms with E-state index in [0.29, 0.717) is 40.5 Å². The molecular formula is C13H5Br2Cl2FN2S. The maximum absolute atomic E-state index is 13.8. The Bertz CT molecular complexity index is 936. The summed E-state index contributed by atoms with van der Waals surface area (Å²) in [6, 6.07) is 6.55. The van der Waals surface area contributed by atoms with E-state index in [9.17, 15) is 4.39 Å². The SMILES string of the molecule is Fc1cc2c(cc1Br)[nH]c(=S)n2-c1ccc(Br)c(Cl)c1Cl. The van der Waals surface area contributed by atoms with Gasteiger partial charge in [0, 0.05) is 10.5 Å². The average molecular weight is 471 g/mol. The van der Waals surface area contributed by atoms with Gasteiger partial charge in [0.25, 0.3) is 0 Å². The Balaban J connectivity index is 2.41. The molecule has 8 heteroatoms. The first-order valence-electron chi connectivity index (χ1n) is 5.64. The van der Waals surface area contributed by atoms with Crippen LogP contribution < -0.4 is 0 Å². The molecule has 0 radical (unpaired) electrons. The van der Waals surface area contributed by atoms with Crippen LogP contribution in [0, 0.1) is 10.6 Å². The van der Waals surface area contributed by atoms with E-state index in [2.05, 4.69) is 36.8 Å². The van der Waals surface area contributed by atoms with Gasteiger partial charge in [-0.15, -0.1) is 0 Å².